The van der Waals surface area contributed by atoms with E-state index in [1.54, 1.807) is 0 Å². The molecule has 0 heterocycles. The fourth-order valence-corrected chi connectivity index (χ4v) is 1.59. The van der Waals surface area contributed by atoms with Crippen molar-refractivity contribution in [2.24, 2.45) is 5.92 Å². The molecule has 0 aromatic rings. The van der Waals surface area contributed by atoms with Crippen molar-refractivity contribution in [3.8, 4) is 0 Å². The van der Waals surface area contributed by atoms with Crippen LogP contribution in [0.2, 0.25) is 0 Å². The van der Waals surface area contributed by atoms with Gasteiger partial charge >= 0.3 is 0 Å². The zero-order valence-corrected chi connectivity index (χ0v) is 8.64. The Morgan fingerprint density at radius 2 is 2.08 bits per heavy atom. The molecule has 0 atom stereocenters. The minimum absolute atomic E-state index is 0.808. The number of rotatable bonds is 6. The van der Waals surface area contributed by atoms with Gasteiger partial charge in [-0.25, -0.2) is 0 Å². The molecule has 2 nitrogen and oxygen atoms in total. The van der Waals surface area contributed by atoms with E-state index in [-0.39, 0.29) is 0 Å². The molecular formula is C10H22N2. The van der Waals surface area contributed by atoms with Crippen LogP contribution < -0.4 is 5.32 Å². The molecule has 1 aliphatic carbocycles. The molecule has 0 spiro atoms. The third kappa shape index (κ3) is 3.55. The lowest BCUT2D eigenvalue weighted by molar-refractivity contribution is 0.236. The van der Waals surface area contributed by atoms with Gasteiger partial charge in [-0.1, -0.05) is 13.8 Å². The molecule has 1 aliphatic rings. The molecular weight excluding hydrogens is 148 g/mol. The van der Waals surface area contributed by atoms with Crippen LogP contribution in [0.15, 0.2) is 0 Å². The van der Waals surface area contributed by atoms with Gasteiger partial charge in [-0.15, -0.1) is 0 Å². The molecule has 0 saturated heterocycles. The molecule has 1 saturated carbocycles. The van der Waals surface area contributed by atoms with Crippen LogP contribution in [0.25, 0.3) is 0 Å². The zero-order chi connectivity index (χ0) is 8.97. The lowest BCUT2D eigenvalue weighted by Gasteiger charge is -2.23. The van der Waals surface area contributed by atoms with Gasteiger partial charge in [-0.2, -0.15) is 0 Å². The molecule has 1 rings (SSSR count). The molecule has 2 heteroatoms. The molecule has 72 valence electrons. The van der Waals surface area contributed by atoms with Crippen LogP contribution in [0.1, 0.15) is 26.7 Å². The summed E-state index contributed by atoms with van der Waals surface area (Å²) >= 11 is 0. The van der Waals surface area contributed by atoms with Crippen molar-refractivity contribution in [2.75, 3.05) is 26.7 Å². The van der Waals surface area contributed by atoms with Crippen molar-refractivity contribution in [3.63, 3.8) is 0 Å². The number of hydrogen-bond donors (Lipinski definition) is 1. The highest BCUT2D eigenvalue weighted by atomic mass is 15.2. The molecule has 0 unspecified atom stereocenters. The predicted octanol–water partition coefficient (Wildman–Crippen LogP) is 1.33. The Balaban J connectivity index is 2.18. The largest absolute Gasteiger partial charge is 0.318 e. The van der Waals surface area contributed by atoms with E-state index in [9.17, 15) is 0 Å². The summed E-state index contributed by atoms with van der Waals surface area (Å²) in [6.07, 6.45) is 2.85. The van der Waals surface area contributed by atoms with E-state index in [4.69, 9.17) is 0 Å². The lowest BCUT2D eigenvalue weighted by Crippen LogP contribution is -2.35. The maximum Gasteiger partial charge on any atom is 0.0110 e. The first-order chi connectivity index (χ1) is 5.74. The van der Waals surface area contributed by atoms with E-state index in [1.165, 1.54) is 25.9 Å². The molecule has 0 aromatic carbocycles. The van der Waals surface area contributed by atoms with Crippen LogP contribution >= 0.6 is 0 Å². The molecule has 1 fully saturated rings. The summed E-state index contributed by atoms with van der Waals surface area (Å²) in [6.45, 7) is 8.22. The quantitative estimate of drug-likeness (QED) is 0.647. The van der Waals surface area contributed by atoms with Crippen molar-refractivity contribution in [1.82, 2.24) is 10.2 Å². The van der Waals surface area contributed by atoms with E-state index in [0.29, 0.717) is 0 Å². The van der Waals surface area contributed by atoms with Gasteiger partial charge in [0.05, 0.1) is 0 Å². The summed E-state index contributed by atoms with van der Waals surface area (Å²) in [7, 11) is 2.03. The van der Waals surface area contributed by atoms with Crippen LogP contribution in [0.3, 0.4) is 0 Å². The Hall–Kier alpha value is -0.0800. The average molecular weight is 170 g/mol. The van der Waals surface area contributed by atoms with Gasteiger partial charge in [0.1, 0.15) is 0 Å². The van der Waals surface area contributed by atoms with E-state index in [0.717, 1.165) is 18.5 Å². The first kappa shape index (κ1) is 10.0. The van der Waals surface area contributed by atoms with Crippen molar-refractivity contribution in [1.29, 1.82) is 0 Å². The standard InChI is InChI=1S/C10H22N2/c1-9(2)8-12(7-6-11-3)10-4-5-10/h9-11H,4-8H2,1-3H3. The van der Waals surface area contributed by atoms with Gasteiger partial charge in [0.15, 0.2) is 0 Å². The highest BCUT2D eigenvalue weighted by Crippen LogP contribution is 2.26. The highest BCUT2D eigenvalue weighted by molar-refractivity contribution is 4.84. The molecule has 0 amide bonds. The van der Waals surface area contributed by atoms with E-state index in [2.05, 4.69) is 24.1 Å². The van der Waals surface area contributed by atoms with Gasteiger partial charge in [0, 0.05) is 25.7 Å². The summed E-state index contributed by atoms with van der Waals surface area (Å²) < 4.78 is 0. The minimum Gasteiger partial charge on any atom is -0.318 e. The SMILES string of the molecule is CNCCN(CC(C)C)C1CC1. The Kier molecular flexibility index (Phi) is 4.02. The number of hydrogen-bond acceptors (Lipinski definition) is 2. The van der Waals surface area contributed by atoms with Crippen LogP contribution in [0, 0.1) is 5.92 Å². The Bertz CT molecular complexity index is 119. The van der Waals surface area contributed by atoms with Gasteiger partial charge in [-0.05, 0) is 25.8 Å². The van der Waals surface area contributed by atoms with Crippen LogP contribution in [0.4, 0.5) is 0 Å². The summed E-state index contributed by atoms with van der Waals surface area (Å²) in [4.78, 5) is 2.63. The third-order valence-electron chi connectivity index (χ3n) is 2.31. The van der Waals surface area contributed by atoms with Crippen LogP contribution in [-0.2, 0) is 0 Å². The summed E-state index contributed by atoms with van der Waals surface area (Å²) in [5.74, 6) is 0.808. The second-order valence-corrected chi connectivity index (χ2v) is 4.22. The lowest BCUT2D eigenvalue weighted by atomic mass is 10.2. The van der Waals surface area contributed by atoms with Crippen molar-refractivity contribution < 1.29 is 0 Å². The third-order valence-corrected chi connectivity index (χ3v) is 2.31. The number of likely N-dealkylation sites (N-methyl/N-ethyl adjacent to an activating group) is 1. The topological polar surface area (TPSA) is 15.3 Å². The van der Waals surface area contributed by atoms with E-state index in [1.807, 2.05) is 7.05 Å². The number of nitrogens with zero attached hydrogens (tertiary/aromatic N) is 1. The van der Waals surface area contributed by atoms with Gasteiger partial charge in [0.2, 0.25) is 0 Å². The smallest absolute Gasteiger partial charge is 0.0110 e. The fourth-order valence-electron chi connectivity index (χ4n) is 1.59. The predicted molar refractivity (Wildman–Crippen MR) is 53.4 cm³/mol. The minimum atomic E-state index is 0.808. The number of nitrogens with one attached hydrogen (secondary N) is 1. The van der Waals surface area contributed by atoms with Gasteiger partial charge in [-0.3, -0.25) is 4.90 Å². The van der Waals surface area contributed by atoms with Gasteiger partial charge < -0.3 is 5.32 Å². The second kappa shape index (κ2) is 4.83. The van der Waals surface area contributed by atoms with Crippen molar-refractivity contribution in [3.05, 3.63) is 0 Å². The maximum absolute atomic E-state index is 3.21. The summed E-state index contributed by atoms with van der Waals surface area (Å²) in [6, 6.07) is 0.917. The molecule has 0 aliphatic heterocycles. The normalized spacial score (nSPS) is 17.8. The Morgan fingerprint density at radius 3 is 2.50 bits per heavy atom. The molecule has 0 bridgehead atoms. The Labute approximate surface area is 76.3 Å². The van der Waals surface area contributed by atoms with Crippen LogP contribution in [-0.4, -0.2) is 37.6 Å². The molecule has 1 N–H and O–H groups in total. The highest BCUT2D eigenvalue weighted by Gasteiger charge is 2.28. The van der Waals surface area contributed by atoms with Gasteiger partial charge in [0.25, 0.3) is 0 Å². The monoisotopic (exact) mass is 170 g/mol. The summed E-state index contributed by atoms with van der Waals surface area (Å²) in [5.41, 5.74) is 0. The first-order valence-corrected chi connectivity index (χ1v) is 5.12. The first-order valence-electron chi connectivity index (χ1n) is 5.12. The maximum atomic E-state index is 3.21. The fraction of sp³-hybridized carbons (Fsp3) is 1.00. The zero-order valence-electron chi connectivity index (χ0n) is 8.64. The second-order valence-electron chi connectivity index (χ2n) is 4.22. The molecule has 12 heavy (non-hydrogen) atoms. The Morgan fingerprint density at radius 1 is 1.42 bits per heavy atom. The van der Waals surface area contributed by atoms with E-state index < -0.39 is 0 Å². The molecule has 0 aromatic heterocycles. The van der Waals surface area contributed by atoms with Crippen LogP contribution in [0.5, 0.6) is 0 Å². The van der Waals surface area contributed by atoms with Crippen molar-refractivity contribution >= 4 is 0 Å². The van der Waals surface area contributed by atoms with E-state index >= 15 is 0 Å². The molecule has 0 radical (unpaired) electrons. The van der Waals surface area contributed by atoms with Crippen molar-refractivity contribution in [2.45, 2.75) is 32.7 Å². The summed E-state index contributed by atoms with van der Waals surface area (Å²) in [5, 5.41) is 3.21. The average Bonchev–Trinajstić information content (AvgIpc) is 2.79.